The second kappa shape index (κ2) is 9.35. The van der Waals surface area contributed by atoms with Crippen LogP contribution in [-0.2, 0) is 13.1 Å². The Balaban J connectivity index is 1.90. The second-order valence-electron chi connectivity index (χ2n) is 7.21. The quantitative estimate of drug-likeness (QED) is 0.654. The largest absolute Gasteiger partial charge is 0.355 e. The summed E-state index contributed by atoms with van der Waals surface area (Å²) in [5, 5.41) is 8.05. The third-order valence-corrected chi connectivity index (χ3v) is 5.00. The lowest BCUT2D eigenvalue weighted by Gasteiger charge is -2.19. The van der Waals surface area contributed by atoms with Crippen LogP contribution in [-0.4, -0.2) is 40.6 Å². The maximum absolute atomic E-state index is 13.2. The molecular formula is C23H26N4O3. The molecule has 0 saturated carbocycles. The number of carbonyl (C=O) groups excluding carboxylic acids is 2. The summed E-state index contributed by atoms with van der Waals surface area (Å²) in [6, 6.07) is 14.2. The standard InChI is InChI=1S/C23H26N4O3/c1-4-5-14-27-22(29)19-9-7-6-8-18(19)20(25-27)23(30)26(3)15-16-10-12-17(13-11-16)21(28)24-2/h6-13H,4-5,14-15H2,1-3H3,(H,24,28). The summed E-state index contributed by atoms with van der Waals surface area (Å²) < 4.78 is 1.39. The molecule has 7 heteroatoms. The van der Waals surface area contributed by atoms with E-state index in [9.17, 15) is 14.4 Å². The van der Waals surface area contributed by atoms with E-state index in [2.05, 4.69) is 10.4 Å². The minimum atomic E-state index is -0.258. The van der Waals surface area contributed by atoms with Gasteiger partial charge in [0.05, 0.1) is 5.39 Å². The number of unbranched alkanes of at least 4 members (excludes halogenated alkanes) is 1. The molecule has 2 amide bonds. The van der Waals surface area contributed by atoms with Crippen LogP contribution in [0.4, 0.5) is 0 Å². The summed E-state index contributed by atoms with van der Waals surface area (Å²) in [6.07, 6.45) is 1.74. The number of hydrogen-bond donors (Lipinski definition) is 1. The minimum absolute atomic E-state index is 0.156. The van der Waals surface area contributed by atoms with Gasteiger partial charge >= 0.3 is 0 Å². The Kier molecular flexibility index (Phi) is 6.61. The molecule has 0 saturated heterocycles. The number of benzene rings is 2. The number of fused-ring (bicyclic) bond motifs is 1. The van der Waals surface area contributed by atoms with Gasteiger partial charge in [0.1, 0.15) is 0 Å². The van der Waals surface area contributed by atoms with Gasteiger partial charge in [-0.25, -0.2) is 4.68 Å². The number of hydrogen-bond acceptors (Lipinski definition) is 4. The molecule has 0 unspecified atom stereocenters. The first kappa shape index (κ1) is 21.2. The van der Waals surface area contributed by atoms with Gasteiger partial charge in [-0.15, -0.1) is 0 Å². The highest BCUT2D eigenvalue weighted by atomic mass is 16.2. The number of aromatic nitrogens is 2. The molecule has 1 heterocycles. The second-order valence-corrected chi connectivity index (χ2v) is 7.21. The van der Waals surface area contributed by atoms with Crippen molar-refractivity contribution in [1.82, 2.24) is 20.0 Å². The molecule has 0 aliphatic heterocycles. The average Bonchev–Trinajstić information content (AvgIpc) is 2.78. The number of nitrogens with one attached hydrogen (secondary N) is 1. The lowest BCUT2D eigenvalue weighted by Crippen LogP contribution is -2.32. The van der Waals surface area contributed by atoms with E-state index < -0.39 is 0 Å². The number of nitrogens with zero attached hydrogens (tertiary/aromatic N) is 3. The maximum Gasteiger partial charge on any atom is 0.274 e. The van der Waals surface area contributed by atoms with E-state index in [0.717, 1.165) is 18.4 Å². The van der Waals surface area contributed by atoms with E-state index in [1.165, 1.54) is 4.68 Å². The molecule has 156 valence electrons. The van der Waals surface area contributed by atoms with Gasteiger partial charge in [0, 0.05) is 38.1 Å². The summed E-state index contributed by atoms with van der Waals surface area (Å²) in [7, 11) is 3.28. The minimum Gasteiger partial charge on any atom is -0.355 e. The molecule has 30 heavy (non-hydrogen) atoms. The Labute approximate surface area is 175 Å². The molecule has 2 aromatic carbocycles. The smallest absolute Gasteiger partial charge is 0.274 e. The van der Waals surface area contributed by atoms with Crippen molar-refractivity contribution in [2.75, 3.05) is 14.1 Å². The molecule has 1 N–H and O–H groups in total. The molecule has 3 rings (SSSR count). The van der Waals surface area contributed by atoms with Crippen molar-refractivity contribution in [1.29, 1.82) is 0 Å². The van der Waals surface area contributed by atoms with Crippen LogP contribution in [0.1, 0.15) is 46.2 Å². The van der Waals surface area contributed by atoms with Crippen LogP contribution < -0.4 is 10.9 Å². The van der Waals surface area contributed by atoms with Crippen LogP contribution in [0.2, 0.25) is 0 Å². The summed E-state index contributed by atoms with van der Waals surface area (Å²) in [5.74, 6) is -0.414. The highest BCUT2D eigenvalue weighted by molar-refractivity contribution is 6.04. The van der Waals surface area contributed by atoms with E-state index in [4.69, 9.17) is 0 Å². The molecule has 0 radical (unpaired) electrons. The van der Waals surface area contributed by atoms with Crippen molar-refractivity contribution < 1.29 is 9.59 Å². The van der Waals surface area contributed by atoms with Gasteiger partial charge in [0.25, 0.3) is 17.4 Å². The van der Waals surface area contributed by atoms with Crippen molar-refractivity contribution in [3.8, 4) is 0 Å². The molecule has 0 bridgehead atoms. The van der Waals surface area contributed by atoms with Gasteiger partial charge in [0.15, 0.2) is 5.69 Å². The Morgan fingerprint density at radius 2 is 1.73 bits per heavy atom. The van der Waals surface area contributed by atoms with Crippen LogP contribution in [0.3, 0.4) is 0 Å². The fourth-order valence-corrected chi connectivity index (χ4v) is 3.28. The lowest BCUT2D eigenvalue weighted by molar-refractivity contribution is 0.0778. The summed E-state index contributed by atoms with van der Waals surface area (Å²) in [6.45, 7) is 2.88. The fraction of sp³-hybridized carbons (Fsp3) is 0.304. The van der Waals surface area contributed by atoms with Crippen LogP contribution >= 0.6 is 0 Å². The molecule has 0 fully saturated rings. The van der Waals surface area contributed by atoms with Gasteiger partial charge in [-0.3, -0.25) is 14.4 Å². The highest BCUT2D eigenvalue weighted by Gasteiger charge is 2.20. The van der Waals surface area contributed by atoms with E-state index in [1.807, 2.05) is 19.1 Å². The first-order valence-corrected chi connectivity index (χ1v) is 10.0. The van der Waals surface area contributed by atoms with Gasteiger partial charge in [0.2, 0.25) is 0 Å². The topological polar surface area (TPSA) is 84.3 Å². The van der Waals surface area contributed by atoms with Crippen LogP contribution in [0.5, 0.6) is 0 Å². The Hall–Kier alpha value is -3.48. The predicted octanol–water partition coefficient (Wildman–Crippen LogP) is 2.83. The first-order valence-electron chi connectivity index (χ1n) is 10.0. The third-order valence-electron chi connectivity index (χ3n) is 5.00. The van der Waals surface area contributed by atoms with E-state index in [0.29, 0.717) is 29.4 Å². The number of aryl methyl sites for hydroxylation is 1. The molecule has 0 spiro atoms. The number of rotatable bonds is 7. The molecular weight excluding hydrogens is 380 g/mol. The molecule has 0 aliphatic carbocycles. The zero-order chi connectivity index (χ0) is 21.7. The normalized spacial score (nSPS) is 10.8. The Morgan fingerprint density at radius 3 is 2.37 bits per heavy atom. The van der Waals surface area contributed by atoms with Crippen molar-refractivity contribution in [3.63, 3.8) is 0 Å². The van der Waals surface area contributed by atoms with Gasteiger partial charge in [-0.05, 0) is 30.2 Å². The average molecular weight is 406 g/mol. The van der Waals surface area contributed by atoms with E-state index >= 15 is 0 Å². The summed E-state index contributed by atoms with van der Waals surface area (Å²) in [5.41, 5.74) is 1.54. The van der Waals surface area contributed by atoms with Crippen LogP contribution in [0.25, 0.3) is 10.8 Å². The molecule has 0 aliphatic rings. The predicted molar refractivity (Wildman–Crippen MR) is 117 cm³/mol. The molecule has 1 aromatic heterocycles. The maximum atomic E-state index is 13.2. The monoisotopic (exact) mass is 406 g/mol. The molecule has 7 nitrogen and oxygen atoms in total. The van der Waals surface area contributed by atoms with Crippen LogP contribution in [0, 0.1) is 0 Å². The highest BCUT2D eigenvalue weighted by Crippen LogP contribution is 2.16. The van der Waals surface area contributed by atoms with Crippen molar-refractivity contribution in [2.24, 2.45) is 0 Å². The molecule has 0 atom stereocenters. The van der Waals surface area contributed by atoms with E-state index in [-0.39, 0.29) is 23.1 Å². The third kappa shape index (κ3) is 4.40. The Morgan fingerprint density at radius 1 is 1.07 bits per heavy atom. The number of carbonyl (C=O) groups is 2. The van der Waals surface area contributed by atoms with E-state index in [1.54, 1.807) is 55.4 Å². The Bertz CT molecular complexity index is 1120. The van der Waals surface area contributed by atoms with Crippen LogP contribution in [0.15, 0.2) is 53.3 Å². The van der Waals surface area contributed by atoms with Crippen molar-refractivity contribution in [2.45, 2.75) is 32.9 Å². The summed E-state index contributed by atoms with van der Waals surface area (Å²) in [4.78, 5) is 39.2. The van der Waals surface area contributed by atoms with Gasteiger partial charge in [-0.2, -0.15) is 5.10 Å². The molecule has 3 aromatic rings. The van der Waals surface area contributed by atoms with Crippen molar-refractivity contribution >= 4 is 22.6 Å². The van der Waals surface area contributed by atoms with Gasteiger partial charge < -0.3 is 10.2 Å². The SMILES string of the molecule is CCCCn1nc(C(=O)N(C)Cc2ccc(C(=O)NC)cc2)c2ccccc2c1=O. The van der Waals surface area contributed by atoms with Crippen molar-refractivity contribution in [3.05, 3.63) is 75.7 Å². The van der Waals surface area contributed by atoms with Gasteiger partial charge in [-0.1, -0.05) is 43.7 Å². The zero-order valence-corrected chi connectivity index (χ0v) is 17.5. The summed E-state index contributed by atoms with van der Waals surface area (Å²) >= 11 is 0. The first-order chi connectivity index (χ1) is 14.5. The lowest BCUT2D eigenvalue weighted by atomic mass is 10.1. The zero-order valence-electron chi connectivity index (χ0n) is 17.5. The fourth-order valence-electron chi connectivity index (χ4n) is 3.28. The number of amides is 2.